The summed E-state index contributed by atoms with van der Waals surface area (Å²) in [5.74, 6) is -0.890. The molecule has 1 aromatic carbocycles. The maximum atomic E-state index is 13.2. The second-order valence-electron chi connectivity index (χ2n) is 4.48. The van der Waals surface area contributed by atoms with Crippen LogP contribution >= 0.6 is 11.6 Å². The number of hydrogen-bond acceptors (Lipinski definition) is 4. The minimum absolute atomic E-state index is 0.255. The van der Waals surface area contributed by atoms with Gasteiger partial charge >= 0.3 is 5.97 Å². The number of carbonyl (C=O) groups is 1. The van der Waals surface area contributed by atoms with E-state index in [1.54, 1.807) is 24.4 Å². The van der Waals surface area contributed by atoms with Gasteiger partial charge in [-0.1, -0.05) is 11.6 Å². The fourth-order valence-corrected chi connectivity index (χ4v) is 2.08. The van der Waals surface area contributed by atoms with E-state index in [2.05, 4.69) is 10.3 Å². The van der Waals surface area contributed by atoms with E-state index in [0.717, 1.165) is 6.20 Å². The zero-order valence-corrected chi connectivity index (χ0v) is 12.3. The number of aromatic nitrogens is 1. The van der Waals surface area contributed by atoms with Crippen LogP contribution in [-0.2, 0) is 4.74 Å². The highest BCUT2D eigenvalue weighted by Gasteiger charge is 2.15. The average molecular weight is 309 g/mol. The van der Waals surface area contributed by atoms with E-state index in [-0.39, 0.29) is 6.04 Å². The summed E-state index contributed by atoms with van der Waals surface area (Å²) >= 11 is 5.95. The Labute approximate surface area is 126 Å². The minimum Gasteiger partial charge on any atom is -0.465 e. The topological polar surface area (TPSA) is 51.2 Å². The molecule has 0 amide bonds. The Hall–Kier alpha value is -2.14. The summed E-state index contributed by atoms with van der Waals surface area (Å²) < 4.78 is 17.9. The lowest BCUT2D eigenvalue weighted by atomic mass is 10.1. The SMILES string of the molecule is COC(=O)c1ccc(Cl)cc1NC(C)c1cncc(F)c1. The van der Waals surface area contributed by atoms with Gasteiger partial charge in [-0.15, -0.1) is 0 Å². The van der Waals surface area contributed by atoms with Crippen molar-refractivity contribution in [1.82, 2.24) is 4.98 Å². The molecule has 1 unspecified atom stereocenters. The van der Waals surface area contributed by atoms with Gasteiger partial charge in [-0.25, -0.2) is 9.18 Å². The van der Waals surface area contributed by atoms with Crippen LogP contribution in [0.2, 0.25) is 5.02 Å². The van der Waals surface area contributed by atoms with Crippen LogP contribution in [0, 0.1) is 5.82 Å². The number of nitrogens with one attached hydrogen (secondary N) is 1. The molecule has 0 aliphatic carbocycles. The van der Waals surface area contributed by atoms with Crippen molar-refractivity contribution in [3.8, 4) is 0 Å². The van der Waals surface area contributed by atoms with Gasteiger partial charge in [0.15, 0.2) is 0 Å². The third-order valence-electron chi connectivity index (χ3n) is 2.98. The summed E-state index contributed by atoms with van der Waals surface area (Å²) in [6.45, 7) is 1.83. The summed E-state index contributed by atoms with van der Waals surface area (Å²) in [4.78, 5) is 15.5. The normalized spacial score (nSPS) is 11.8. The Morgan fingerprint density at radius 3 is 2.81 bits per heavy atom. The molecule has 0 fully saturated rings. The highest BCUT2D eigenvalue weighted by atomic mass is 35.5. The molecule has 1 heterocycles. The van der Waals surface area contributed by atoms with Crippen molar-refractivity contribution in [3.63, 3.8) is 0 Å². The molecule has 2 rings (SSSR count). The van der Waals surface area contributed by atoms with E-state index in [1.807, 2.05) is 6.92 Å². The lowest BCUT2D eigenvalue weighted by Crippen LogP contribution is -2.12. The largest absolute Gasteiger partial charge is 0.465 e. The second-order valence-corrected chi connectivity index (χ2v) is 4.92. The molecule has 1 N–H and O–H groups in total. The van der Waals surface area contributed by atoms with Crippen molar-refractivity contribution in [2.75, 3.05) is 12.4 Å². The molecule has 0 aliphatic rings. The van der Waals surface area contributed by atoms with Crippen LogP contribution < -0.4 is 5.32 Å². The molecular weight excluding hydrogens is 295 g/mol. The van der Waals surface area contributed by atoms with Crippen LogP contribution in [0.3, 0.4) is 0 Å². The highest BCUT2D eigenvalue weighted by molar-refractivity contribution is 6.31. The van der Waals surface area contributed by atoms with Crippen molar-refractivity contribution < 1.29 is 13.9 Å². The molecule has 2 aromatic rings. The maximum Gasteiger partial charge on any atom is 0.339 e. The zero-order chi connectivity index (χ0) is 15.4. The molecule has 0 saturated carbocycles. The van der Waals surface area contributed by atoms with Crippen LogP contribution in [-0.4, -0.2) is 18.1 Å². The van der Waals surface area contributed by atoms with Crippen molar-refractivity contribution in [2.45, 2.75) is 13.0 Å². The Morgan fingerprint density at radius 2 is 2.14 bits per heavy atom. The molecular formula is C15H14ClFN2O2. The number of carbonyl (C=O) groups excluding carboxylic acids is 1. The molecule has 6 heteroatoms. The number of hydrogen-bond donors (Lipinski definition) is 1. The van der Waals surface area contributed by atoms with Crippen LogP contribution in [0.5, 0.6) is 0 Å². The number of pyridine rings is 1. The van der Waals surface area contributed by atoms with Crippen molar-refractivity contribution >= 4 is 23.3 Å². The zero-order valence-electron chi connectivity index (χ0n) is 11.6. The molecule has 0 bridgehead atoms. The lowest BCUT2D eigenvalue weighted by Gasteiger charge is -2.18. The van der Waals surface area contributed by atoms with Gasteiger partial charge in [0.05, 0.1) is 30.6 Å². The fourth-order valence-electron chi connectivity index (χ4n) is 1.91. The number of anilines is 1. The van der Waals surface area contributed by atoms with E-state index in [1.165, 1.54) is 13.2 Å². The molecule has 110 valence electrons. The maximum absolute atomic E-state index is 13.2. The predicted octanol–water partition coefficient (Wildman–Crippen LogP) is 3.83. The first-order chi connectivity index (χ1) is 10.0. The first-order valence-electron chi connectivity index (χ1n) is 6.26. The molecule has 0 spiro atoms. The summed E-state index contributed by atoms with van der Waals surface area (Å²) in [7, 11) is 1.31. The van der Waals surface area contributed by atoms with Gasteiger partial charge in [0.2, 0.25) is 0 Å². The Morgan fingerprint density at radius 1 is 1.38 bits per heavy atom. The van der Waals surface area contributed by atoms with E-state index in [4.69, 9.17) is 16.3 Å². The molecule has 1 aromatic heterocycles. The quantitative estimate of drug-likeness (QED) is 0.872. The third-order valence-corrected chi connectivity index (χ3v) is 3.22. The second kappa shape index (κ2) is 6.54. The molecule has 0 saturated heterocycles. The van der Waals surface area contributed by atoms with Crippen LogP contribution in [0.15, 0.2) is 36.7 Å². The third kappa shape index (κ3) is 3.70. The number of benzene rings is 1. The summed E-state index contributed by atoms with van der Waals surface area (Å²) in [6, 6.07) is 5.93. The van der Waals surface area contributed by atoms with Gasteiger partial charge in [0.1, 0.15) is 5.82 Å². The summed E-state index contributed by atoms with van der Waals surface area (Å²) in [6.07, 6.45) is 2.69. The molecule has 1 atom stereocenters. The monoisotopic (exact) mass is 308 g/mol. The number of ether oxygens (including phenoxy) is 1. The standard InChI is InChI=1S/C15H14ClFN2O2/c1-9(10-5-12(17)8-18-7-10)19-14-6-11(16)3-4-13(14)15(20)21-2/h3-9,19H,1-2H3. The summed E-state index contributed by atoms with van der Waals surface area (Å²) in [5.41, 5.74) is 1.54. The Bertz CT molecular complexity index is 664. The van der Waals surface area contributed by atoms with Gasteiger partial charge < -0.3 is 10.1 Å². The van der Waals surface area contributed by atoms with E-state index >= 15 is 0 Å². The Balaban J connectivity index is 2.30. The van der Waals surface area contributed by atoms with Gasteiger partial charge in [0, 0.05) is 11.2 Å². The van der Waals surface area contributed by atoms with E-state index in [0.29, 0.717) is 21.8 Å². The Kier molecular flexibility index (Phi) is 4.75. The molecule has 0 radical (unpaired) electrons. The number of methoxy groups -OCH3 is 1. The first-order valence-corrected chi connectivity index (χ1v) is 6.64. The number of nitrogens with zero attached hydrogens (tertiary/aromatic N) is 1. The van der Waals surface area contributed by atoms with E-state index in [9.17, 15) is 9.18 Å². The highest BCUT2D eigenvalue weighted by Crippen LogP contribution is 2.26. The molecule has 21 heavy (non-hydrogen) atoms. The number of rotatable bonds is 4. The number of halogens is 2. The lowest BCUT2D eigenvalue weighted by molar-refractivity contribution is 0.0602. The first kappa shape index (κ1) is 15.3. The van der Waals surface area contributed by atoms with Gasteiger partial charge in [-0.3, -0.25) is 4.98 Å². The van der Waals surface area contributed by atoms with E-state index < -0.39 is 11.8 Å². The predicted molar refractivity (Wildman–Crippen MR) is 79.0 cm³/mol. The van der Waals surface area contributed by atoms with Crippen LogP contribution in [0.4, 0.5) is 10.1 Å². The van der Waals surface area contributed by atoms with Crippen molar-refractivity contribution in [2.24, 2.45) is 0 Å². The van der Waals surface area contributed by atoms with Crippen LogP contribution in [0.1, 0.15) is 28.9 Å². The minimum atomic E-state index is -0.473. The van der Waals surface area contributed by atoms with Crippen molar-refractivity contribution in [1.29, 1.82) is 0 Å². The van der Waals surface area contributed by atoms with Crippen molar-refractivity contribution in [3.05, 3.63) is 58.6 Å². The van der Waals surface area contributed by atoms with Gasteiger partial charge in [0.25, 0.3) is 0 Å². The number of esters is 1. The molecule has 0 aliphatic heterocycles. The molecule has 4 nitrogen and oxygen atoms in total. The average Bonchev–Trinajstić information content (AvgIpc) is 2.46. The fraction of sp³-hybridized carbons (Fsp3) is 0.200. The van der Waals surface area contributed by atoms with Gasteiger partial charge in [-0.2, -0.15) is 0 Å². The van der Waals surface area contributed by atoms with Crippen LogP contribution in [0.25, 0.3) is 0 Å². The summed E-state index contributed by atoms with van der Waals surface area (Å²) in [5, 5.41) is 3.60. The smallest absolute Gasteiger partial charge is 0.339 e. The van der Waals surface area contributed by atoms with Gasteiger partial charge in [-0.05, 0) is 36.8 Å².